The van der Waals surface area contributed by atoms with Crippen LogP contribution in [0.15, 0.2) is 0 Å². The van der Waals surface area contributed by atoms with Gasteiger partial charge in [-0.2, -0.15) is 0 Å². The van der Waals surface area contributed by atoms with Crippen molar-refractivity contribution in [1.82, 2.24) is 0 Å². The molecule has 3 nitrogen and oxygen atoms in total. The van der Waals surface area contributed by atoms with Crippen molar-refractivity contribution < 1.29 is 13.9 Å². The van der Waals surface area contributed by atoms with Gasteiger partial charge in [-0.25, -0.2) is 4.39 Å². The van der Waals surface area contributed by atoms with Crippen molar-refractivity contribution in [3.63, 3.8) is 0 Å². The van der Waals surface area contributed by atoms with Crippen LogP contribution in [0.5, 0.6) is 11.5 Å². The minimum atomic E-state index is -0.337. The van der Waals surface area contributed by atoms with E-state index in [1.54, 1.807) is 14.0 Å². The molecule has 0 amide bonds. The standard InChI is InChI=1S/C16H24FNO2/c1-10-12(16(9-18)7-5-6-8-16)14(19-3)11(2)13(17)15(10)20-4/h5-9,18H2,1-4H3. The molecule has 0 spiro atoms. The molecule has 20 heavy (non-hydrogen) atoms. The van der Waals surface area contributed by atoms with Crippen molar-refractivity contribution in [3.05, 3.63) is 22.5 Å². The summed E-state index contributed by atoms with van der Waals surface area (Å²) in [5, 5.41) is 0. The second-order valence-electron chi connectivity index (χ2n) is 5.70. The van der Waals surface area contributed by atoms with Crippen LogP contribution in [0.1, 0.15) is 42.4 Å². The molecule has 1 aromatic carbocycles. The highest BCUT2D eigenvalue weighted by Crippen LogP contribution is 2.49. The molecule has 0 aliphatic heterocycles. The highest BCUT2D eigenvalue weighted by Gasteiger charge is 2.40. The van der Waals surface area contributed by atoms with Gasteiger partial charge in [0.1, 0.15) is 5.75 Å². The van der Waals surface area contributed by atoms with Gasteiger partial charge in [0.05, 0.1) is 14.2 Å². The van der Waals surface area contributed by atoms with Crippen LogP contribution in [0.25, 0.3) is 0 Å². The number of halogens is 1. The van der Waals surface area contributed by atoms with E-state index in [0.717, 1.165) is 36.8 Å². The van der Waals surface area contributed by atoms with Gasteiger partial charge in [0.25, 0.3) is 0 Å². The van der Waals surface area contributed by atoms with Gasteiger partial charge in [0, 0.05) is 28.7 Å². The average Bonchev–Trinajstić information content (AvgIpc) is 2.93. The molecule has 0 saturated heterocycles. The fourth-order valence-corrected chi connectivity index (χ4v) is 3.65. The summed E-state index contributed by atoms with van der Waals surface area (Å²) in [6, 6.07) is 0. The molecule has 0 radical (unpaired) electrons. The van der Waals surface area contributed by atoms with Gasteiger partial charge in [-0.15, -0.1) is 0 Å². The molecule has 0 bridgehead atoms. The van der Waals surface area contributed by atoms with E-state index in [1.807, 2.05) is 6.92 Å². The summed E-state index contributed by atoms with van der Waals surface area (Å²) in [4.78, 5) is 0. The zero-order chi connectivity index (χ0) is 14.9. The minimum Gasteiger partial charge on any atom is -0.496 e. The van der Waals surface area contributed by atoms with Gasteiger partial charge in [-0.3, -0.25) is 0 Å². The van der Waals surface area contributed by atoms with Crippen molar-refractivity contribution in [1.29, 1.82) is 0 Å². The lowest BCUT2D eigenvalue weighted by Gasteiger charge is -2.33. The van der Waals surface area contributed by atoms with Gasteiger partial charge >= 0.3 is 0 Å². The molecule has 2 rings (SSSR count). The largest absolute Gasteiger partial charge is 0.496 e. The second kappa shape index (κ2) is 5.60. The van der Waals surface area contributed by atoms with Crippen molar-refractivity contribution in [2.75, 3.05) is 20.8 Å². The Hall–Kier alpha value is -1.29. The lowest BCUT2D eigenvalue weighted by atomic mass is 9.75. The molecule has 0 atom stereocenters. The Morgan fingerprint density at radius 2 is 1.60 bits per heavy atom. The third kappa shape index (κ3) is 2.06. The lowest BCUT2D eigenvalue weighted by Crippen LogP contribution is -2.33. The van der Waals surface area contributed by atoms with E-state index in [0.29, 0.717) is 23.6 Å². The predicted molar refractivity (Wildman–Crippen MR) is 78.2 cm³/mol. The Morgan fingerprint density at radius 1 is 1.05 bits per heavy atom. The third-order valence-electron chi connectivity index (χ3n) is 4.70. The quantitative estimate of drug-likeness (QED) is 0.921. The summed E-state index contributed by atoms with van der Waals surface area (Å²) >= 11 is 0. The summed E-state index contributed by atoms with van der Waals surface area (Å²) in [6.07, 6.45) is 4.35. The fraction of sp³-hybridized carbons (Fsp3) is 0.625. The molecule has 1 aliphatic carbocycles. The zero-order valence-corrected chi connectivity index (χ0v) is 12.8. The summed E-state index contributed by atoms with van der Waals surface area (Å²) < 4.78 is 25.2. The van der Waals surface area contributed by atoms with Crippen molar-refractivity contribution >= 4 is 0 Å². The average molecular weight is 281 g/mol. The Bertz CT molecular complexity index is 508. The van der Waals surface area contributed by atoms with E-state index in [9.17, 15) is 4.39 Å². The first kappa shape index (κ1) is 15.1. The van der Waals surface area contributed by atoms with E-state index in [-0.39, 0.29) is 11.2 Å². The topological polar surface area (TPSA) is 44.5 Å². The number of hydrogen-bond donors (Lipinski definition) is 1. The molecule has 1 saturated carbocycles. The van der Waals surface area contributed by atoms with Gasteiger partial charge in [-0.05, 0) is 26.7 Å². The van der Waals surface area contributed by atoms with Crippen molar-refractivity contribution in [3.8, 4) is 11.5 Å². The van der Waals surface area contributed by atoms with E-state index in [2.05, 4.69) is 0 Å². The summed E-state index contributed by atoms with van der Waals surface area (Å²) in [7, 11) is 3.10. The maximum Gasteiger partial charge on any atom is 0.171 e. The van der Waals surface area contributed by atoms with Crippen LogP contribution < -0.4 is 15.2 Å². The number of methoxy groups -OCH3 is 2. The molecule has 0 aromatic heterocycles. The molecule has 4 heteroatoms. The molecular weight excluding hydrogens is 257 g/mol. The van der Waals surface area contributed by atoms with Crippen molar-refractivity contribution in [2.45, 2.75) is 44.9 Å². The maximum atomic E-state index is 14.4. The molecule has 112 valence electrons. The fourth-order valence-electron chi connectivity index (χ4n) is 3.65. The predicted octanol–water partition coefficient (Wildman–Crippen LogP) is 3.23. The molecule has 1 aromatic rings. The number of hydrogen-bond acceptors (Lipinski definition) is 3. The second-order valence-corrected chi connectivity index (χ2v) is 5.70. The number of nitrogens with two attached hydrogens (primary N) is 1. The first-order valence-electron chi connectivity index (χ1n) is 7.13. The SMILES string of the molecule is COc1c(C)c(C2(CN)CCCC2)c(OC)c(C)c1F. The molecule has 1 aliphatic rings. The summed E-state index contributed by atoms with van der Waals surface area (Å²) in [6.45, 7) is 4.19. The van der Waals surface area contributed by atoms with Crippen molar-refractivity contribution in [2.24, 2.45) is 5.73 Å². The van der Waals surface area contributed by atoms with E-state index in [4.69, 9.17) is 15.2 Å². The molecule has 1 fully saturated rings. The Balaban J connectivity index is 2.76. The van der Waals surface area contributed by atoms with Gasteiger partial charge in [0.15, 0.2) is 11.6 Å². The highest BCUT2D eigenvalue weighted by atomic mass is 19.1. The smallest absolute Gasteiger partial charge is 0.171 e. The Morgan fingerprint density at radius 3 is 2.05 bits per heavy atom. The van der Waals surface area contributed by atoms with Crippen LogP contribution in [0.2, 0.25) is 0 Å². The molecule has 0 unspecified atom stereocenters. The number of ether oxygens (including phenoxy) is 2. The Kier molecular flexibility index (Phi) is 4.23. The first-order chi connectivity index (χ1) is 9.52. The number of rotatable bonds is 4. The molecular formula is C16H24FNO2. The molecule has 2 N–H and O–H groups in total. The van der Waals surface area contributed by atoms with Crippen LogP contribution in [0.4, 0.5) is 4.39 Å². The zero-order valence-electron chi connectivity index (χ0n) is 12.8. The van der Waals surface area contributed by atoms with Crippen LogP contribution >= 0.6 is 0 Å². The maximum absolute atomic E-state index is 14.4. The van der Waals surface area contributed by atoms with Crippen LogP contribution in [-0.4, -0.2) is 20.8 Å². The van der Waals surface area contributed by atoms with Crippen LogP contribution in [0.3, 0.4) is 0 Å². The van der Waals surface area contributed by atoms with Crippen LogP contribution in [0, 0.1) is 19.7 Å². The summed E-state index contributed by atoms with van der Waals surface area (Å²) in [5.74, 6) is 0.613. The highest BCUT2D eigenvalue weighted by molar-refractivity contribution is 5.57. The van der Waals surface area contributed by atoms with E-state index >= 15 is 0 Å². The third-order valence-corrected chi connectivity index (χ3v) is 4.70. The monoisotopic (exact) mass is 281 g/mol. The molecule has 0 heterocycles. The van der Waals surface area contributed by atoms with E-state index < -0.39 is 0 Å². The normalized spacial score (nSPS) is 17.3. The van der Waals surface area contributed by atoms with Crippen LogP contribution in [-0.2, 0) is 5.41 Å². The van der Waals surface area contributed by atoms with Gasteiger partial charge in [0.2, 0.25) is 0 Å². The number of benzene rings is 1. The minimum absolute atomic E-state index is 0.110. The Labute approximate surface area is 120 Å². The first-order valence-corrected chi connectivity index (χ1v) is 7.13. The van der Waals surface area contributed by atoms with Gasteiger partial charge in [-0.1, -0.05) is 12.8 Å². The lowest BCUT2D eigenvalue weighted by molar-refractivity contribution is 0.349. The van der Waals surface area contributed by atoms with Gasteiger partial charge < -0.3 is 15.2 Å². The van der Waals surface area contributed by atoms with E-state index in [1.165, 1.54) is 7.11 Å². The summed E-state index contributed by atoms with van der Waals surface area (Å²) in [5.41, 5.74) is 8.33.